The molecule has 1 aliphatic rings. The average Bonchev–Trinajstić information content (AvgIpc) is 2.59. The number of nitrogens with zero attached hydrogens (tertiary/aromatic N) is 2. The second kappa shape index (κ2) is 7.41. The number of carbonyl (C=O) groups is 2. The Balaban J connectivity index is 2.09. The third kappa shape index (κ3) is 4.29. The monoisotopic (exact) mass is 349 g/mol. The maximum atomic E-state index is 12.4. The third-order valence-corrected chi connectivity index (χ3v) is 4.13. The van der Waals surface area contributed by atoms with E-state index in [4.69, 9.17) is 15.2 Å². The summed E-state index contributed by atoms with van der Waals surface area (Å²) in [5.41, 5.74) is 4.62. The summed E-state index contributed by atoms with van der Waals surface area (Å²) in [6.45, 7) is 7.41. The van der Waals surface area contributed by atoms with Crippen molar-refractivity contribution in [3.05, 3.63) is 24.3 Å². The lowest BCUT2D eigenvalue weighted by Gasteiger charge is -2.42. The van der Waals surface area contributed by atoms with Gasteiger partial charge in [0, 0.05) is 26.2 Å². The fourth-order valence-electron chi connectivity index (χ4n) is 2.82. The standard InChI is InChI=1S/C18H27N3O4/c1-17(2,3)25-16(23)18(19,13-22)21-11-9-20(10-12-21)14-7-5-6-8-15(14)24-4/h5-8,13H,9-12,19H2,1-4H3. The lowest BCUT2D eigenvalue weighted by atomic mass is 10.1. The zero-order chi connectivity index (χ0) is 18.7. The minimum atomic E-state index is -1.76. The summed E-state index contributed by atoms with van der Waals surface area (Å²) in [7, 11) is 1.63. The van der Waals surface area contributed by atoms with Crippen molar-refractivity contribution in [3.8, 4) is 5.75 Å². The van der Waals surface area contributed by atoms with E-state index in [9.17, 15) is 9.59 Å². The second-order valence-electron chi connectivity index (χ2n) is 7.09. The van der Waals surface area contributed by atoms with E-state index < -0.39 is 17.2 Å². The summed E-state index contributed by atoms with van der Waals surface area (Å²) >= 11 is 0. The highest BCUT2D eigenvalue weighted by molar-refractivity contribution is 5.97. The molecule has 0 saturated carbocycles. The van der Waals surface area contributed by atoms with Crippen LogP contribution in [0.2, 0.25) is 0 Å². The molecular weight excluding hydrogens is 322 g/mol. The number of rotatable bonds is 5. The number of benzene rings is 1. The molecule has 1 fully saturated rings. The van der Waals surface area contributed by atoms with Gasteiger partial charge in [0.2, 0.25) is 5.66 Å². The molecule has 2 rings (SSSR count). The highest BCUT2D eigenvalue weighted by Gasteiger charge is 2.44. The van der Waals surface area contributed by atoms with Gasteiger partial charge in [0.05, 0.1) is 12.8 Å². The molecule has 0 amide bonds. The number of carbonyl (C=O) groups excluding carboxylic acids is 2. The molecule has 0 spiro atoms. The van der Waals surface area contributed by atoms with Crippen molar-refractivity contribution >= 4 is 17.9 Å². The van der Waals surface area contributed by atoms with Crippen LogP contribution in [0.3, 0.4) is 0 Å². The number of ether oxygens (including phenoxy) is 2. The molecular formula is C18H27N3O4. The smallest absolute Gasteiger partial charge is 0.349 e. The molecule has 25 heavy (non-hydrogen) atoms. The zero-order valence-corrected chi connectivity index (χ0v) is 15.3. The lowest BCUT2D eigenvalue weighted by molar-refractivity contribution is -0.170. The van der Waals surface area contributed by atoms with Gasteiger partial charge in [-0.25, -0.2) is 4.79 Å². The molecule has 1 aliphatic heterocycles. The molecule has 1 aromatic rings. The molecule has 0 aliphatic carbocycles. The SMILES string of the molecule is COc1ccccc1N1CCN(C(N)(C=O)C(=O)OC(C)(C)C)CC1. The van der Waals surface area contributed by atoms with Gasteiger partial charge in [-0.2, -0.15) is 0 Å². The number of hydrogen-bond donors (Lipinski definition) is 1. The Morgan fingerprint density at radius 1 is 1.16 bits per heavy atom. The topological polar surface area (TPSA) is 85.1 Å². The Morgan fingerprint density at radius 3 is 2.28 bits per heavy atom. The normalized spacial score (nSPS) is 18.4. The van der Waals surface area contributed by atoms with E-state index in [0.29, 0.717) is 32.5 Å². The van der Waals surface area contributed by atoms with Gasteiger partial charge in [-0.05, 0) is 32.9 Å². The van der Waals surface area contributed by atoms with E-state index in [-0.39, 0.29) is 0 Å². The molecule has 7 heteroatoms. The highest BCUT2D eigenvalue weighted by Crippen LogP contribution is 2.29. The predicted octanol–water partition coefficient (Wildman–Crippen LogP) is 1.01. The van der Waals surface area contributed by atoms with E-state index in [1.165, 1.54) is 0 Å². The van der Waals surface area contributed by atoms with Crippen LogP contribution in [0.15, 0.2) is 24.3 Å². The molecule has 138 valence electrons. The van der Waals surface area contributed by atoms with Gasteiger partial charge >= 0.3 is 5.97 Å². The van der Waals surface area contributed by atoms with E-state index in [1.807, 2.05) is 24.3 Å². The molecule has 0 aromatic heterocycles. The largest absolute Gasteiger partial charge is 0.495 e. The summed E-state index contributed by atoms with van der Waals surface area (Å²) < 4.78 is 10.7. The van der Waals surface area contributed by atoms with Crippen molar-refractivity contribution in [3.63, 3.8) is 0 Å². The molecule has 7 nitrogen and oxygen atoms in total. The summed E-state index contributed by atoms with van der Waals surface area (Å²) in [6.07, 6.45) is 0.472. The maximum absolute atomic E-state index is 12.4. The molecule has 1 heterocycles. The van der Waals surface area contributed by atoms with Crippen LogP contribution >= 0.6 is 0 Å². The quantitative estimate of drug-likeness (QED) is 0.482. The number of piperazine rings is 1. The van der Waals surface area contributed by atoms with E-state index in [0.717, 1.165) is 11.4 Å². The van der Waals surface area contributed by atoms with Gasteiger partial charge in [-0.3, -0.25) is 15.4 Å². The van der Waals surface area contributed by atoms with Crippen LogP contribution in [-0.2, 0) is 14.3 Å². The maximum Gasteiger partial charge on any atom is 0.349 e. The van der Waals surface area contributed by atoms with Gasteiger partial charge < -0.3 is 14.4 Å². The fourth-order valence-corrected chi connectivity index (χ4v) is 2.82. The third-order valence-electron chi connectivity index (χ3n) is 4.13. The van der Waals surface area contributed by atoms with Crippen LogP contribution in [0.4, 0.5) is 5.69 Å². The zero-order valence-electron chi connectivity index (χ0n) is 15.3. The molecule has 1 aromatic carbocycles. The Hall–Kier alpha value is -2.12. The number of nitrogens with two attached hydrogens (primary N) is 1. The number of anilines is 1. The number of aldehydes is 1. The van der Waals surface area contributed by atoms with Crippen LogP contribution < -0.4 is 15.4 Å². The lowest BCUT2D eigenvalue weighted by Crippen LogP contribution is -2.68. The number of esters is 1. The van der Waals surface area contributed by atoms with Gasteiger partial charge in [-0.1, -0.05) is 12.1 Å². The first-order valence-corrected chi connectivity index (χ1v) is 8.33. The van der Waals surface area contributed by atoms with Crippen molar-refractivity contribution in [1.29, 1.82) is 0 Å². The Bertz CT molecular complexity index is 621. The number of para-hydroxylation sites is 2. The van der Waals surface area contributed by atoms with Crippen molar-refractivity contribution in [2.75, 3.05) is 38.2 Å². The van der Waals surface area contributed by atoms with Crippen molar-refractivity contribution in [1.82, 2.24) is 4.90 Å². The molecule has 0 radical (unpaired) electrons. The van der Waals surface area contributed by atoms with Crippen LogP contribution in [0.25, 0.3) is 0 Å². The van der Waals surface area contributed by atoms with Crippen molar-refractivity contribution in [2.24, 2.45) is 5.73 Å². The molecule has 1 atom stereocenters. The summed E-state index contributed by atoms with van der Waals surface area (Å²) in [4.78, 5) is 27.8. The van der Waals surface area contributed by atoms with E-state index in [1.54, 1.807) is 32.8 Å². The van der Waals surface area contributed by atoms with Gasteiger partial charge in [0.1, 0.15) is 11.4 Å². The fraction of sp³-hybridized carbons (Fsp3) is 0.556. The minimum absolute atomic E-state index is 0.465. The minimum Gasteiger partial charge on any atom is -0.495 e. The van der Waals surface area contributed by atoms with E-state index in [2.05, 4.69) is 4.90 Å². The van der Waals surface area contributed by atoms with Crippen molar-refractivity contribution in [2.45, 2.75) is 32.0 Å². The van der Waals surface area contributed by atoms with Crippen LogP contribution in [0.5, 0.6) is 5.75 Å². The Labute approximate surface area is 148 Å². The summed E-state index contributed by atoms with van der Waals surface area (Å²) in [6, 6.07) is 7.75. The highest BCUT2D eigenvalue weighted by atomic mass is 16.6. The number of methoxy groups -OCH3 is 1. The Kier molecular flexibility index (Phi) is 5.69. The second-order valence-corrected chi connectivity index (χ2v) is 7.09. The van der Waals surface area contributed by atoms with E-state index >= 15 is 0 Å². The van der Waals surface area contributed by atoms with Crippen LogP contribution in [0, 0.1) is 0 Å². The average molecular weight is 349 g/mol. The predicted molar refractivity (Wildman–Crippen MR) is 95.6 cm³/mol. The number of hydrogen-bond acceptors (Lipinski definition) is 7. The molecule has 1 saturated heterocycles. The summed E-state index contributed by atoms with van der Waals surface area (Å²) in [5.74, 6) is 0.0678. The van der Waals surface area contributed by atoms with Crippen LogP contribution in [0.1, 0.15) is 20.8 Å². The van der Waals surface area contributed by atoms with Crippen LogP contribution in [-0.4, -0.2) is 61.7 Å². The molecule has 0 bridgehead atoms. The van der Waals surface area contributed by atoms with Gasteiger partial charge in [0.25, 0.3) is 0 Å². The van der Waals surface area contributed by atoms with Crippen molar-refractivity contribution < 1.29 is 19.1 Å². The van der Waals surface area contributed by atoms with Gasteiger partial charge in [0.15, 0.2) is 6.29 Å². The molecule has 1 unspecified atom stereocenters. The first-order chi connectivity index (χ1) is 11.7. The summed E-state index contributed by atoms with van der Waals surface area (Å²) in [5, 5.41) is 0. The Morgan fingerprint density at radius 2 is 1.76 bits per heavy atom. The molecule has 2 N–H and O–H groups in total. The first kappa shape index (κ1) is 19.2. The first-order valence-electron chi connectivity index (χ1n) is 8.33. The van der Waals surface area contributed by atoms with Gasteiger partial charge in [-0.15, -0.1) is 0 Å².